The Balaban J connectivity index is 1.56. The van der Waals surface area contributed by atoms with Gasteiger partial charge in [-0.2, -0.15) is 5.10 Å². The molecule has 1 aromatic heterocycles. The molecule has 7 nitrogen and oxygen atoms in total. The number of carbonyl (C=O) groups is 1. The van der Waals surface area contributed by atoms with Crippen LogP contribution in [0.1, 0.15) is 41.4 Å². The van der Waals surface area contributed by atoms with Gasteiger partial charge in [0.25, 0.3) is 11.5 Å². The molecular weight excluding hydrogens is 332 g/mol. The summed E-state index contributed by atoms with van der Waals surface area (Å²) in [5.74, 6) is 0.146. The van der Waals surface area contributed by atoms with Crippen LogP contribution in [0.3, 0.4) is 0 Å². The van der Waals surface area contributed by atoms with Crippen molar-refractivity contribution < 1.29 is 9.90 Å². The number of carbonyl (C=O) groups excluding carboxylic acids is 1. The van der Waals surface area contributed by atoms with Gasteiger partial charge in [0.05, 0.1) is 6.10 Å². The molecule has 7 heteroatoms. The molecule has 1 aromatic carbocycles. The number of aromatic nitrogens is 2. The number of H-pyrrole nitrogens is 1. The summed E-state index contributed by atoms with van der Waals surface area (Å²) in [6.07, 6.45) is 2.51. The Hall–Kier alpha value is -2.51. The highest BCUT2D eigenvalue weighted by atomic mass is 16.3. The van der Waals surface area contributed by atoms with Crippen LogP contribution in [0.4, 0.5) is 5.69 Å². The van der Waals surface area contributed by atoms with Crippen molar-refractivity contribution in [3.8, 4) is 0 Å². The van der Waals surface area contributed by atoms with Gasteiger partial charge in [-0.3, -0.25) is 9.59 Å². The third-order valence-corrected chi connectivity index (χ3v) is 4.86. The summed E-state index contributed by atoms with van der Waals surface area (Å²) >= 11 is 0. The zero-order chi connectivity index (χ0) is 18.5. The number of likely N-dealkylation sites (tertiary alicyclic amines) is 1. The maximum atomic E-state index is 12.1. The van der Waals surface area contributed by atoms with E-state index in [2.05, 4.69) is 27.5 Å². The number of aromatic amines is 1. The lowest BCUT2D eigenvalue weighted by atomic mass is 9.89. The first kappa shape index (κ1) is 18.3. The van der Waals surface area contributed by atoms with E-state index in [0.29, 0.717) is 11.6 Å². The van der Waals surface area contributed by atoms with Gasteiger partial charge in [-0.05, 0) is 69.1 Å². The van der Waals surface area contributed by atoms with E-state index >= 15 is 0 Å². The predicted molar refractivity (Wildman–Crippen MR) is 99.1 cm³/mol. The molecule has 138 valence electrons. The van der Waals surface area contributed by atoms with Gasteiger partial charge in [0.2, 0.25) is 0 Å². The number of aliphatic hydroxyl groups excluding tert-OH is 1. The Labute approximate surface area is 152 Å². The van der Waals surface area contributed by atoms with E-state index in [0.717, 1.165) is 37.9 Å². The van der Waals surface area contributed by atoms with Gasteiger partial charge in [0, 0.05) is 11.8 Å². The van der Waals surface area contributed by atoms with Crippen LogP contribution in [0.25, 0.3) is 0 Å². The van der Waals surface area contributed by atoms with Crippen LogP contribution in [0.5, 0.6) is 0 Å². The lowest BCUT2D eigenvalue weighted by Crippen LogP contribution is -2.30. The highest BCUT2D eigenvalue weighted by molar-refractivity contribution is 6.02. The fraction of sp³-hybridized carbons (Fsp3) is 0.421. The molecule has 0 aliphatic carbocycles. The molecule has 0 spiro atoms. The van der Waals surface area contributed by atoms with Crippen LogP contribution < -0.4 is 10.9 Å². The Morgan fingerprint density at radius 1 is 1.27 bits per heavy atom. The second kappa shape index (κ2) is 8.25. The quantitative estimate of drug-likeness (QED) is 0.759. The zero-order valence-electron chi connectivity index (χ0n) is 14.8. The number of amides is 1. The molecule has 1 aliphatic rings. The molecule has 2 aromatic rings. The van der Waals surface area contributed by atoms with Crippen LogP contribution in [0, 0.1) is 5.92 Å². The smallest absolute Gasteiger partial charge is 0.276 e. The van der Waals surface area contributed by atoms with Crippen LogP contribution in [-0.2, 0) is 0 Å². The molecule has 3 rings (SSSR count). The van der Waals surface area contributed by atoms with Gasteiger partial charge in [0.1, 0.15) is 5.69 Å². The second-order valence-electron chi connectivity index (χ2n) is 6.88. The van der Waals surface area contributed by atoms with Gasteiger partial charge >= 0.3 is 0 Å². The van der Waals surface area contributed by atoms with Crippen molar-refractivity contribution >= 4 is 11.6 Å². The lowest BCUT2D eigenvalue weighted by molar-refractivity contribution is 0.102. The van der Waals surface area contributed by atoms with E-state index in [1.54, 1.807) is 12.1 Å². The molecule has 1 saturated heterocycles. The van der Waals surface area contributed by atoms with Crippen molar-refractivity contribution in [1.82, 2.24) is 15.1 Å². The molecule has 0 bridgehead atoms. The van der Waals surface area contributed by atoms with Crippen LogP contribution in [0.2, 0.25) is 0 Å². The maximum Gasteiger partial charge on any atom is 0.276 e. The Morgan fingerprint density at radius 3 is 2.58 bits per heavy atom. The third kappa shape index (κ3) is 4.77. The molecule has 1 atom stereocenters. The molecule has 1 fully saturated rings. The van der Waals surface area contributed by atoms with E-state index in [-0.39, 0.29) is 11.3 Å². The van der Waals surface area contributed by atoms with Gasteiger partial charge in [0.15, 0.2) is 0 Å². The van der Waals surface area contributed by atoms with E-state index in [1.807, 2.05) is 12.1 Å². The van der Waals surface area contributed by atoms with E-state index in [4.69, 9.17) is 0 Å². The maximum absolute atomic E-state index is 12.1. The highest BCUT2D eigenvalue weighted by Crippen LogP contribution is 2.28. The number of nitrogens with zero attached hydrogens (tertiary/aromatic N) is 2. The minimum absolute atomic E-state index is 0.135. The normalized spacial score (nSPS) is 17.0. The highest BCUT2D eigenvalue weighted by Gasteiger charge is 2.20. The fourth-order valence-corrected chi connectivity index (χ4v) is 3.20. The van der Waals surface area contributed by atoms with Gasteiger partial charge in [-0.25, -0.2) is 5.10 Å². The molecule has 1 aliphatic heterocycles. The standard InChI is InChI=1S/C19H24N4O3/c1-23-10-8-13(9-11-23)12-17(24)14-2-4-15(5-3-14)20-19(26)16-6-7-18(25)22-21-16/h2-7,13,17,24H,8-12H2,1H3,(H,20,26)(H,22,25). The summed E-state index contributed by atoms with van der Waals surface area (Å²) in [6.45, 7) is 2.17. The number of benzene rings is 1. The number of hydrogen-bond acceptors (Lipinski definition) is 5. The molecule has 2 heterocycles. The number of anilines is 1. The van der Waals surface area contributed by atoms with Gasteiger partial charge in [-0.1, -0.05) is 12.1 Å². The molecule has 1 unspecified atom stereocenters. The third-order valence-electron chi connectivity index (χ3n) is 4.86. The van der Waals surface area contributed by atoms with E-state index < -0.39 is 12.0 Å². The minimum Gasteiger partial charge on any atom is -0.388 e. The largest absolute Gasteiger partial charge is 0.388 e. The topological polar surface area (TPSA) is 98.3 Å². The summed E-state index contributed by atoms with van der Waals surface area (Å²) in [5.41, 5.74) is 1.24. The monoisotopic (exact) mass is 356 g/mol. The van der Waals surface area contributed by atoms with Crippen molar-refractivity contribution in [2.75, 3.05) is 25.5 Å². The summed E-state index contributed by atoms with van der Waals surface area (Å²) in [7, 11) is 2.13. The molecule has 3 N–H and O–H groups in total. The van der Waals surface area contributed by atoms with Crippen molar-refractivity contribution in [2.24, 2.45) is 5.92 Å². The van der Waals surface area contributed by atoms with Crippen molar-refractivity contribution in [3.63, 3.8) is 0 Å². The predicted octanol–water partition coefficient (Wildman–Crippen LogP) is 1.79. The minimum atomic E-state index is -0.492. The van der Waals surface area contributed by atoms with Crippen molar-refractivity contribution in [1.29, 1.82) is 0 Å². The van der Waals surface area contributed by atoms with Crippen LogP contribution in [0.15, 0.2) is 41.2 Å². The summed E-state index contributed by atoms with van der Waals surface area (Å²) < 4.78 is 0. The fourth-order valence-electron chi connectivity index (χ4n) is 3.20. The number of piperidine rings is 1. The second-order valence-corrected chi connectivity index (χ2v) is 6.88. The lowest BCUT2D eigenvalue weighted by Gasteiger charge is -2.30. The first-order valence-electron chi connectivity index (χ1n) is 8.85. The summed E-state index contributed by atoms with van der Waals surface area (Å²) in [5, 5.41) is 19.1. The Bertz CT molecular complexity index is 775. The molecular formula is C19H24N4O3. The molecule has 0 saturated carbocycles. The summed E-state index contributed by atoms with van der Waals surface area (Å²) in [6, 6.07) is 9.80. The number of hydrogen-bond donors (Lipinski definition) is 3. The van der Waals surface area contributed by atoms with Crippen molar-refractivity contribution in [2.45, 2.75) is 25.4 Å². The van der Waals surface area contributed by atoms with Crippen LogP contribution in [-0.4, -0.2) is 46.2 Å². The van der Waals surface area contributed by atoms with Crippen molar-refractivity contribution in [3.05, 3.63) is 58.0 Å². The SMILES string of the molecule is CN1CCC(CC(O)c2ccc(NC(=O)c3ccc(=O)[nH]n3)cc2)CC1. The average Bonchev–Trinajstić information content (AvgIpc) is 2.64. The van der Waals surface area contributed by atoms with Gasteiger partial charge in [-0.15, -0.1) is 0 Å². The molecule has 0 radical (unpaired) electrons. The number of nitrogens with one attached hydrogen (secondary N) is 2. The average molecular weight is 356 g/mol. The van der Waals surface area contributed by atoms with E-state index in [9.17, 15) is 14.7 Å². The summed E-state index contributed by atoms with van der Waals surface area (Å²) in [4.78, 5) is 25.4. The van der Waals surface area contributed by atoms with Gasteiger partial charge < -0.3 is 15.3 Å². The molecule has 1 amide bonds. The first-order valence-corrected chi connectivity index (χ1v) is 8.85. The number of rotatable bonds is 5. The first-order chi connectivity index (χ1) is 12.5. The molecule has 26 heavy (non-hydrogen) atoms. The van der Waals surface area contributed by atoms with Crippen LogP contribution >= 0.6 is 0 Å². The number of aliphatic hydroxyl groups is 1. The Kier molecular flexibility index (Phi) is 5.80. The Morgan fingerprint density at radius 2 is 1.96 bits per heavy atom. The van der Waals surface area contributed by atoms with E-state index in [1.165, 1.54) is 12.1 Å². The zero-order valence-corrected chi connectivity index (χ0v) is 14.8.